The van der Waals surface area contributed by atoms with Gasteiger partial charge in [0.1, 0.15) is 11.6 Å². The Bertz CT molecular complexity index is 572. The summed E-state index contributed by atoms with van der Waals surface area (Å²) >= 11 is 0. The molecule has 1 aromatic rings. The molecule has 1 amide bonds. The number of carbonyl (C=O) groups excluding carboxylic acids is 1. The molecular weight excluding hydrogens is 290 g/mol. The second kappa shape index (κ2) is 6.23. The van der Waals surface area contributed by atoms with Gasteiger partial charge in [0.2, 0.25) is 5.91 Å². The number of hydrogen-bond donors (Lipinski definition) is 0. The Kier molecular flexibility index (Phi) is 4.09. The number of rotatable bonds is 5. The normalized spacial score (nSPS) is 22.3. The minimum absolute atomic E-state index is 0.343. The molecule has 0 bridgehead atoms. The number of fused-ring (bicyclic) bond motifs is 1. The van der Waals surface area contributed by atoms with Crippen LogP contribution < -0.4 is 0 Å². The second-order valence-electron chi connectivity index (χ2n) is 7.50. The summed E-state index contributed by atoms with van der Waals surface area (Å²) in [7, 11) is 1.98. The number of hydrogen-bond acceptors (Lipinski definition) is 4. The fourth-order valence-corrected chi connectivity index (χ4v) is 3.97. The van der Waals surface area contributed by atoms with Gasteiger partial charge in [-0.1, -0.05) is 0 Å². The fraction of sp³-hybridized carbons (Fsp3) is 0.824. The summed E-state index contributed by atoms with van der Waals surface area (Å²) in [6.45, 7) is 5.17. The van der Waals surface area contributed by atoms with Gasteiger partial charge in [0, 0.05) is 32.5 Å². The van der Waals surface area contributed by atoms with E-state index in [2.05, 4.69) is 19.7 Å². The number of aryl methyl sites for hydroxylation is 1. The minimum atomic E-state index is 0.343. The van der Waals surface area contributed by atoms with Crippen molar-refractivity contribution in [1.29, 1.82) is 0 Å². The largest absolute Gasteiger partial charge is 0.345 e. The van der Waals surface area contributed by atoms with E-state index >= 15 is 0 Å². The van der Waals surface area contributed by atoms with Gasteiger partial charge in [0.05, 0.1) is 6.54 Å². The Morgan fingerprint density at radius 1 is 1.17 bits per heavy atom. The van der Waals surface area contributed by atoms with Crippen LogP contribution in [0.5, 0.6) is 0 Å². The topological polar surface area (TPSA) is 54.3 Å². The van der Waals surface area contributed by atoms with Gasteiger partial charge in [-0.2, -0.15) is 0 Å². The third kappa shape index (κ3) is 3.27. The third-order valence-corrected chi connectivity index (χ3v) is 5.59. The highest BCUT2D eigenvalue weighted by Crippen LogP contribution is 2.31. The first-order valence-electron chi connectivity index (χ1n) is 9.09. The van der Waals surface area contributed by atoms with E-state index in [-0.39, 0.29) is 0 Å². The molecule has 1 saturated heterocycles. The number of aromatic nitrogens is 3. The Labute approximate surface area is 137 Å². The van der Waals surface area contributed by atoms with Gasteiger partial charge >= 0.3 is 0 Å². The zero-order valence-corrected chi connectivity index (χ0v) is 14.1. The van der Waals surface area contributed by atoms with Gasteiger partial charge in [-0.05, 0) is 51.1 Å². The molecular formula is C17H27N5O. The maximum atomic E-state index is 12.1. The zero-order chi connectivity index (χ0) is 15.8. The van der Waals surface area contributed by atoms with Gasteiger partial charge in [-0.25, -0.2) is 0 Å². The molecule has 126 valence electrons. The van der Waals surface area contributed by atoms with Crippen molar-refractivity contribution in [3.05, 3.63) is 11.6 Å². The molecule has 3 aliphatic rings. The molecule has 3 heterocycles. The highest BCUT2D eigenvalue weighted by Gasteiger charge is 2.33. The number of carbonyl (C=O) groups is 1. The van der Waals surface area contributed by atoms with Crippen LogP contribution in [-0.4, -0.2) is 57.2 Å². The van der Waals surface area contributed by atoms with E-state index in [4.69, 9.17) is 0 Å². The molecule has 1 saturated carbocycles. The SMILES string of the molecule is CN(CC1CCN(Cc2nnc3n2CCC3)CC1)C(=O)C1CC1. The van der Waals surface area contributed by atoms with E-state index in [1.807, 2.05) is 11.9 Å². The predicted octanol–water partition coefficient (Wildman–Crippen LogP) is 1.30. The van der Waals surface area contributed by atoms with Crippen molar-refractivity contribution >= 4 is 5.91 Å². The average molecular weight is 317 g/mol. The van der Waals surface area contributed by atoms with Crippen molar-refractivity contribution in [2.75, 3.05) is 26.7 Å². The van der Waals surface area contributed by atoms with Crippen molar-refractivity contribution in [2.45, 2.75) is 51.6 Å². The molecule has 6 heteroatoms. The van der Waals surface area contributed by atoms with E-state index in [1.165, 1.54) is 19.3 Å². The second-order valence-corrected chi connectivity index (χ2v) is 7.50. The average Bonchev–Trinajstić information content (AvgIpc) is 3.18. The van der Waals surface area contributed by atoms with Gasteiger partial charge in [0.15, 0.2) is 0 Å². The molecule has 1 aliphatic carbocycles. The summed E-state index contributed by atoms with van der Waals surface area (Å²) in [5.74, 6) is 3.66. The lowest BCUT2D eigenvalue weighted by molar-refractivity contribution is -0.132. The van der Waals surface area contributed by atoms with Crippen LogP contribution in [0.3, 0.4) is 0 Å². The van der Waals surface area contributed by atoms with Gasteiger partial charge in [0.25, 0.3) is 0 Å². The Morgan fingerprint density at radius 2 is 1.96 bits per heavy atom. The molecule has 23 heavy (non-hydrogen) atoms. The first-order valence-corrected chi connectivity index (χ1v) is 9.09. The Hall–Kier alpha value is -1.43. The quantitative estimate of drug-likeness (QED) is 0.821. The smallest absolute Gasteiger partial charge is 0.225 e. The number of likely N-dealkylation sites (tertiary alicyclic amines) is 1. The summed E-state index contributed by atoms with van der Waals surface area (Å²) in [6, 6.07) is 0. The molecule has 4 rings (SSSR count). The Morgan fingerprint density at radius 3 is 2.70 bits per heavy atom. The summed E-state index contributed by atoms with van der Waals surface area (Å²) in [6.07, 6.45) is 6.86. The van der Waals surface area contributed by atoms with Crippen LogP contribution in [0.2, 0.25) is 0 Å². The third-order valence-electron chi connectivity index (χ3n) is 5.59. The first-order chi connectivity index (χ1) is 11.2. The van der Waals surface area contributed by atoms with Crippen molar-refractivity contribution < 1.29 is 4.79 Å². The van der Waals surface area contributed by atoms with Crippen LogP contribution in [0.4, 0.5) is 0 Å². The zero-order valence-electron chi connectivity index (χ0n) is 14.1. The number of nitrogens with zero attached hydrogens (tertiary/aromatic N) is 5. The highest BCUT2D eigenvalue weighted by molar-refractivity contribution is 5.80. The van der Waals surface area contributed by atoms with Crippen LogP contribution in [0, 0.1) is 11.8 Å². The van der Waals surface area contributed by atoms with Crippen molar-refractivity contribution in [3.8, 4) is 0 Å². The Balaban J connectivity index is 1.25. The molecule has 2 fully saturated rings. The number of amides is 1. The molecule has 0 radical (unpaired) electrons. The molecule has 2 aliphatic heterocycles. The highest BCUT2D eigenvalue weighted by atomic mass is 16.2. The van der Waals surface area contributed by atoms with E-state index in [0.717, 1.165) is 63.6 Å². The van der Waals surface area contributed by atoms with Crippen LogP contribution >= 0.6 is 0 Å². The molecule has 6 nitrogen and oxygen atoms in total. The molecule has 0 unspecified atom stereocenters. The van der Waals surface area contributed by atoms with Crippen LogP contribution in [-0.2, 0) is 24.3 Å². The lowest BCUT2D eigenvalue weighted by atomic mass is 9.96. The number of piperidine rings is 1. The monoisotopic (exact) mass is 317 g/mol. The predicted molar refractivity (Wildman–Crippen MR) is 86.7 cm³/mol. The maximum Gasteiger partial charge on any atom is 0.225 e. The van der Waals surface area contributed by atoms with Crippen molar-refractivity contribution in [3.63, 3.8) is 0 Å². The molecule has 0 aromatic carbocycles. The summed E-state index contributed by atoms with van der Waals surface area (Å²) in [5, 5.41) is 8.67. The maximum absolute atomic E-state index is 12.1. The van der Waals surface area contributed by atoms with Gasteiger partial charge in [-0.3, -0.25) is 9.69 Å². The van der Waals surface area contributed by atoms with Gasteiger partial charge < -0.3 is 9.47 Å². The molecule has 1 aromatic heterocycles. The standard InChI is InChI=1S/C17H27N5O/c1-20(17(23)14-4-5-14)11-13-6-9-21(10-7-13)12-16-19-18-15-3-2-8-22(15)16/h13-14H,2-12H2,1H3. The van der Waals surface area contributed by atoms with E-state index in [1.54, 1.807) is 0 Å². The van der Waals surface area contributed by atoms with E-state index in [9.17, 15) is 4.79 Å². The fourth-order valence-electron chi connectivity index (χ4n) is 3.97. The summed E-state index contributed by atoms with van der Waals surface area (Å²) in [5.41, 5.74) is 0. The van der Waals surface area contributed by atoms with Crippen LogP contribution in [0.1, 0.15) is 43.8 Å². The van der Waals surface area contributed by atoms with Crippen LogP contribution in [0.15, 0.2) is 0 Å². The van der Waals surface area contributed by atoms with E-state index < -0.39 is 0 Å². The van der Waals surface area contributed by atoms with E-state index in [0.29, 0.717) is 17.7 Å². The van der Waals surface area contributed by atoms with Crippen molar-refractivity contribution in [2.24, 2.45) is 11.8 Å². The summed E-state index contributed by atoms with van der Waals surface area (Å²) < 4.78 is 2.30. The van der Waals surface area contributed by atoms with Crippen LogP contribution in [0.25, 0.3) is 0 Å². The molecule has 0 spiro atoms. The molecule has 0 N–H and O–H groups in total. The van der Waals surface area contributed by atoms with Crippen molar-refractivity contribution in [1.82, 2.24) is 24.6 Å². The lowest BCUT2D eigenvalue weighted by Crippen LogP contribution is -2.39. The first kappa shape index (κ1) is 15.1. The minimum Gasteiger partial charge on any atom is -0.345 e. The lowest BCUT2D eigenvalue weighted by Gasteiger charge is -2.33. The van der Waals surface area contributed by atoms with Gasteiger partial charge in [-0.15, -0.1) is 10.2 Å². The molecule has 0 atom stereocenters. The summed E-state index contributed by atoms with van der Waals surface area (Å²) in [4.78, 5) is 16.5.